The molecule has 41 heavy (non-hydrogen) atoms. The van der Waals surface area contributed by atoms with Gasteiger partial charge in [0.05, 0.1) is 16.8 Å². The molecule has 1 aromatic carbocycles. The normalized spacial score (nSPS) is 15.5. The summed E-state index contributed by atoms with van der Waals surface area (Å²) in [6.45, 7) is 12.2. The quantitative estimate of drug-likeness (QED) is 0.359. The molecule has 1 fully saturated rings. The maximum absolute atomic E-state index is 15.8. The Balaban J connectivity index is 1.82. The van der Waals surface area contributed by atoms with Gasteiger partial charge in [-0.15, -0.1) is 0 Å². The summed E-state index contributed by atoms with van der Waals surface area (Å²) in [7, 11) is 0. The summed E-state index contributed by atoms with van der Waals surface area (Å²) < 4.78 is 32.0. The third-order valence-corrected chi connectivity index (χ3v) is 7.35. The van der Waals surface area contributed by atoms with Gasteiger partial charge in [-0.1, -0.05) is 26.5 Å². The number of nitrogens with zero attached hydrogens (tertiary/aromatic N) is 6. The van der Waals surface area contributed by atoms with Gasteiger partial charge >= 0.3 is 5.69 Å². The van der Waals surface area contributed by atoms with Crippen LogP contribution in [0.25, 0.3) is 28.0 Å². The summed E-state index contributed by atoms with van der Waals surface area (Å²) in [6, 6.07) is 6.53. The Labute approximate surface area is 235 Å². The van der Waals surface area contributed by atoms with Crippen molar-refractivity contribution in [2.45, 2.75) is 39.7 Å². The smallest absolute Gasteiger partial charge is 0.355 e. The number of anilines is 1. The molecule has 1 amide bonds. The van der Waals surface area contributed by atoms with Gasteiger partial charge in [0.1, 0.15) is 17.3 Å². The number of amides is 1. The number of fused-ring (bicyclic) bond motifs is 1. The number of hydrogen-bond acceptors (Lipinski definition) is 7. The molecular weight excluding hydrogens is 530 g/mol. The Morgan fingerprint density at radius 1 is 1.20 bits per heavy atom. The van der Waals surface area contributed by atoms with Crippen molar-refractivity contribution in [1.82, 2.24) is 24.4 Å². The number of benzene rings is 1. The number of rotatable bonds is 5. The molecule has 11 heteroatoms. The number of hydrogen-bond donors (Lipinski definition) is 1. The van der Waals surface area contributed by atoms with E-state index in [2.05, 4.69) is 21.5 Å². The average molecular weight is 561 g/mol. The van der Waals surface area contributed by atoms with E-state index in [1.54, 1.807) is 17.2 Å². The van der Waals surface area contributed by atoms with Gasteiger partial charge in [0.15, 0.2) is 17.2 Å². The number of piperazine rings is 1. The van der Waals surface area contributed by atoms with Crippen LogP contribution in [0.2, 0.25) is 0 Å². The van der Waals surface area contributed by atoms with Crippen LogP contribution in [0, 0.1) is 18.6 Å². The summed E-state index contributed by atoms with van der Waals surface area (Å²) in [4.78, 5) is 43.0. The van der Waals surface area contributed by atoms with E-state index in [0.717, 1.165) is 11.6 Å². The zero-order valence-corrected chi connectivity index (χ0v) is 23.2. The second-order valence-corrected chi connectivity index (χ2v) is 10.4. The van der Waals surface area contributed by atoms with E-state index in [1.165, 1.54) is 28.8 Å². The maximum Gasteiger partial charge on any atom is 0.355 e. The molecule has 1 aliphatic heterocycles. The highest BCUT2D eigenvalue weighted by molar-refractivity contribution is 5.91. The minimum atomic E-state index is -1.03. The molecule has 0 aliphatic carbocycles. The van der Waals surface area contributed by atoms with Crippen molar-refractivity contribution in [3.05, 3.63) is 82.6 Å². The van der Waals surface area contributed by atoms with E-state index in [9.17, 15) is 19.1 Å². The first kappa shape index (κ1) is 27.9. The Hall–Kier alpha value is -4.67. The standard InChI is InChI=1S/C30H30F2N6O3/c1-6-23(40)36-12-13-37(18(5)15-36)28-20-14-21(31)26(19-8-7-9-22(39)24(19)32)34-29(20)38(30(41)35-28)27-17(4)10-11-33-25(27)16(2)3/h6-11,14,16,18,39H,1,12-13,15H2,2-5H3/t18-/m0/s1. The largest absolute Gasteiger partial charge is 0.505 e. The molecule has 0 spiro atoms. The Morgan fingerprint density at radius 3 is 2.63 bits per heavy atom. The molecule has 9 nitrogen and oxygen atoms in total. The second kappa shape index (κ2) is 10.7. The fourth-order valence-electron chi connectivity index (χ4n) is 5.30. The summed E-state index contributed by atoms with van der Waals surface area (Å²) in [5.74, 6) is -2.60. The number of phenols is 1. The Bertz CT molecular complexity index is 1750. The monoisotopic (exact) mass is 560 g/mol. The second-order valence-electron chi connectivity index (χ2n) is 10.4. The number of carbonyl (C=O) groups is 1. The average Bonchev–Trinajstić information content (AvgIpc) is 2.94. The van der Waals surface area contributed by atoms with Gasteiger partial charge in [0.2, 0.25) is 5.91 Å². The summed E-state index contributed by atoms with van der Waals surface area (Å²) in [6.07, 6.45) is 2.90. The molecule has 0 saturated carbocycles. The number of carbonyl (C=O) groups excluding carboxylic acids is 1. The highest BCUT2D eigenvalue weighted by atomic mass is 19.1. The van der Waals surface area contributed by atoms with Gasteiger partial charge in [0.25, 0.3) is 0 Å². The van der Waals surface area contributed by atoms with E-state index in [1.807, 2.05) is 32.6 Å². The van der Waals surface area contributed by atoms with Gasteiger partial charge in [-0.3, -0.25) is 9.78 Å². The van der Waals surface area contributed by atoms with Crippen LogP contribution < -0.4 is 10.6 Å². The third-order valence-electron chi connectivity index (χ3n) is 7.35. The van der Waals surface area contributed by atoms with Crippen LogP contribution >= 0.6 is 0 Å². The van der Waals surface area contributed by atoms with Crippen LogP contribution in [0.3, 0.4) is 0 Å². The first-order valence-electron chi connectivity index (χ1n) is 13.3. The van der Waals surface area contributed by atoms with E-state index < -0.39 is 23.1 Å². The van der Waals surface area contributed by atoms with E-state index in [-0.39, 0.29) is 46.0 Å². The molecule has 1 saturated heterocycles. The lowest BCUT2D eigenvalue weighted by molar-refractivity contribution is -0.126. The van der Waals surface area contributed by atoms with Crippen molar-refractivity contribution < 1.29 is 18.7 Å². The zero-order chi connectivity index (χ0) is 29.6. The van der Waals surface area contributed by atoms with Crippen LogP contribution in [-0.2, 0) is 4.79 Å². The molecule has 0 unspecified atom stereocenters. The third kappa shape index (κ3) is 4.81. The molecular formula is C30H30F2N6O3. The fraction of sp³-hybridized carbons (Fsp3) is 0.300. The molecule has 212 valence electrons. The van der Waals surface area contributed by atoms with Crippen molar-refractivity contribution in [1.29, 1.82) is 0 Å². The number of pyridine rings is 2. The van der Waals surface area contributed by atoms with Crippen LogP contribution in [0.4, 0.5) is 14.6 Å². The lowest BCUT2D eigenvalue weighted by atomic mass is 10.0. The predicted molar refractivity (Wildman–Crippen MR) is 152 cm³/mol. The molecule has 4 aromatic rings. The summed E-state index contributed by atoms with van der Waals surface area (Å²) >= 11 is 0. The van der Waals surface area contributed by atoms with Crippen LogP contribution in [-0.4, -0.2) is 61.1 Å². The van der Waals surface area contributed by atoms with Gasteiger partial charge < -0.3 is 14.9 Å². The van der Waals surface area contributed by atoms with Crippen molar-refractivity contribution in [2.75, 3.05) is 24.5 Å². The molecule has 1 aliphatic rings. The molecule has 4 heterocycles. The SMILES string of the molecule is C=CC(=O)N1CCN(c2nc(=O)n(-c3c(C)ccnc3C(C)C)c3nc(-c4cccc(O)c4F)c(F)cc23)[C@@H](C)C1. The molecule has 0 bridgehead atoms. The van der Waals surface area contributed by atoms with Crippen molar-refractivity contribution in [2.24, 2.45) is 0 Å². The van der Waals surface area contributed by atoms with Crippen LogP contribution in [0.1, 0.15) is 37.9 Å². The van der Waals surface area contributed by atoms with Crippen LogP contribution in [0.5, 0.6) is 5.75 Å². The highest BCUT2D eigenvalue weighted by Crippen LogP contribution is 2.35. The van der Waals surface area contributed by atoms with Gasteiger partial charge in [-0.2, -0.15) is 4.98 Å². The number of phenolic OH excluding ortho intramolecular Hbond substituents is 1. The molecule has 0 radical (unpaired) electrons. The summed E-state index contributed by atoms with van der Waals surface area (Å²) in [5.41, 5.74) is 0.592. The number of aromatic nitrogens is 4. The van der Waals surface area contributed by atoms with Gasteiger partial charge in [0, 0.05) is 37.4 Å². The number of aromatic hydroxyl groups is 1. The highest BCUT2D eigenvalue weighted by Gasteiger charge is 2.31. The lowest BCUT2D eigenvalue weighted by Gasteiger charge is -2.40. The van der Waals surface area contributed by atoms with Crippen LogP contribution in [0.15, 0.2) is 54.0 Å². The lowest BCUT2D eigenvalue weighted by Crippen LogP contribution is -2.54. The van der Waals surface area contributed by atoms with E-state index in [0.29, 0.717) is 31.0 Å². The number of halogens is 2. The van der Waals surface area contributed by atoms with Crippen molar-refractivity contribution >= 4 is 22.8 Å². The van der Waals surface area contributed by atoms with E-state index in [4.69, 9.17) is 0 Å². The first-order chi connectivity index (χ1) is 19.5. The number of aryl methyl sites for hydroxylation is 1. The Kier molecular flexibility index (Phi) is 7.29. The zero-order valence-electron chi connectivity index (χ0n) is 23.2. The molecule has 1 N–H and O–H groups in total. The predicted octanol–water partition coefficient (Wildman–Crippen LogP) is 4.48. The fourth-order valence-corrected chi connectivity index (χ4v) is 5.30. The minimum Gasteiger partial charge on any atom is -0.505 e. The topological polar surface area (TPSA) is 104 Å². The molecule has 5 rings (SSSR count). The maximum atomic E-state index is 15.8. The molecule has 1 atom stereocenters. The van der Waals surface area contributed by atoms with Gasteiger partial charge in [-0.05, 0) is 55.7 Å². The molecule has 3 aromatic heterocycles. The summed E-state index contributed by atoms with van der Waals surface area (Å²) in [5, 5.41) is 10.2. The van der Waals surface area contributed by atoms with Crippen molar-refractivity contribution in [3.8, 4) is 22.7 Å². The minimum absolute atomic E-state index is 0.0638. The first-order valence-corrected chi connectivity index (χ1v) is 13.3. The Morgan fingerprint density at radius 2 is 1.95 bits per heavy atom. The van der Waals surface area contributed by atoms with Crippen molar-refractivity contribution in [3.63, 3.8) is 0 Å². The van der Waals surface area contributed by atoms with Gasteiger partial charge in [-0.25, -0.2) is 23.1 Å². The van der Waals surface area contributed by atoms with E-state index >= 15 is 4.39 Å².